The van der Waals surface area contributed by atoms with Crippen molar-refractivity contribution in [3.05, 3.63) is 17.5 Å². The molecule has 1 aromatic heterocycles. The third kappa shape index (κ3) is 3.04. The Hall–Kier alpha value is -0.870. The lowest BCUT2D eigenvalue weighted by atomic mass is 10.1. The highest BCUT2D eigenvalue weighted by atomic mass is 16.5. The highest BCUT2D eigenvalue weighted by Gasteiger charge is 2.18. The van der Waals surface area contributed by atoms with Gasteiger partial charge < -0.3 is 9.84 Å². The van der Waals surface area contributed by atoms with Crippen LogP contribution in [0.1, 0.15) is 24.7 Å². The first-order valence-corrected chi connectivity index (χ1v) is 5.28. The second kappa shape index (κ2) is 5.28. The average Bonchev–Trinajstić information content (AvgIpc) is 2.47. The Bertz CT molecular complexity index is 306. The van der Waals surface area contributed by atoms with E-state index in [0.717, 1.165) is 17.8 Å². The lowest BCUT2D eigenvalue weighted by Gasteiger charge is -2.19. The Kier molecular flexibility index (Phi) is 4.29. The zero-order chi connectivity index (χ0) is 11.4. The van der Waals surface area contributed by atoms with E-state index in [-0.39, 0.29) is 6.10 Å². The Morgan fingerprint density at radius 1 is 1.60 bits per heavy atom. The molecule has 2 atom stereocenters. The summed E-state index contributed by atoms with van der Waals surface area (Å²) in [5.41, 5.74) is 2.01. The second-order valence-corrected chi connectivity index (χ2v) is 3.85. The van der Waals surface area contributed by atoms with Gasteiger partial charge in [0.15, 0.2) is 0 Å². The van der Waals surface area contributed by atoms with Crippen molar-refractivity contribution in [1.82, 2.24) is 9.78 Å². The van der Waals surface area contributed by atoms with Crippen molar-refractivity contribution in [3.63, 3.8) is 0 Å². The van der Waals surface area contributed by atoms with Crippen LogP contribution in [0, 0.1) is 6.92 Å². The normalized spacial score (nSPS) is 15.3. The van der Waals surface area contributed by atoms with E-state index in [1.807, 2.05) is 27.0 Å². The van der Waals surface area contributed by atoms with E-state index < -0.39 is 6.10 Å². The van der Waals surface area contributed by atoms with Gasteiger partial charge >= 0.3 is 0 Å². The first-order valence-electron chi connectivity index (χ1n) is 5.28. The summed E-state index contributed by atoms with van der Waals surface area (Å²) in [5, 5.41) is 14.2. The molecule has 0 aliphatic heterocycles. The van der Waals surface area contributed by atoms with Gasteiger partial charge in [-0.2, -0.15) is 5.10 Å². The highest BCUT2D eigenvalue weighted by Crippen LogP contribution is 2.11. The number of ether oxygens (including phenoxy) is 1. The minimum absolute atomic E-state index is 0.0970. The smallest absolute Gasteiger partial charge is 0.0856 e. The number of hydrogen-bond donors (Lipinski definition) is 1. The van der Waals surface area contributed by atoms with E-state index in [9.17, 15) is 5.11 Å². The average molecular weight is 212 g/mol. The van der Waals surface area contributed by atoms with E-state index in [2.05, 4.69) is 5.10 Å². The van der Waals surface area contributed by atoms with Gasteiger partial charge in [0.05, 0.1) is 17.9 Å². The van der Waals surface area contributed by atoms with Crippen LogP contribution in [-0.2, 0) is 18.2 Å². The maximum atomic E-state index is 9.93. The molecule has 1 rings (SSSR count). The van der Waals surface area contributed by atoms with Crippen molar-refractivity contribution >= 4 is 0 Å². The van der Waals surface area contributed by atoms with Crippen LogP contribution in [-0.4, -0.2) is 34.2 Å². The summed E-state index contributed by atoms with van der Waals surface area (Å²) in [5.74, 6) is 0. The molecule has 4 nitrogen and oxygen atoms in total. The van der Waals surface area contributed by atoms with Crippen molar-refractivity contribution in [2.75, 3.05) is 7.11 Å². The molecule has 0 radical (unpaired) electrons. The number of aliphatic hydroxyl groups is 1. The molecule has 4 heteroatoms. The van der Waals surface area contributed by atoms with Crippen molar-refractivity contribution in [2.45, 2.75) is 38.9 Å². The molecule has 0 bridgehead atoms. The van der Waals surface area contributed by atoms with Crippen LogP contribution < -0.4 is 0 Å². The van der Waals surface area contributed by atoms with Crippen LogP contribution in [0.5, 0.6) is 0 Å². The predicted molar refractivity (Wildman–Crippen MR) is 58.7 cm³/mol. The molecule has 86 valence electrons. The van der Waals surface area contributed by atoms with Crippen LogP contribution in [0.25, 0.3) is 0 Å². The van der Waals surface area contributed by atoms with Gasteiger partial charge in [0, 0.05) is 26.3 Å². The summed E-state index contributed by atoms with van der Waals surface area (Å²) in [6, 6.07) is 1.99. The topological polar surface area (TPSA) is 47.3 Å². The molecule has 0 saturated heterocycles. The molecule has 0 spiro atoms. The standard InChI is InChI=1S/C11H20N2O2/c1-5-11(15-4)10(14)7-9-6-8(2)12-13(9)3/h6,10-11,14H,5,7H2,1-4H3. The van der Waals surface area contributed by atoms with Gasteiger partial charge in [0.1, 0.15) is 0 Å². The minimum Gasteiger partial charge on any atom is -0.390 e. The summed E-state index contributed by atoms with van der Waals surface area (Å²) in [4.78, 5) is 0. The van der Waals surface area contributed by atoms with Crippen LogP contribution in [0.4, 0.5) is 0 Å². The molecule has 1 N–H and O–H groups in total. The molecule has 0 amide bonds. The maximum Gasteiger partial charge on any atom is 0.0856 e. The summed E-state index contributed by atoms with van der Waals surface area (Å²) in [7, 11) is 3.52. The minimum atomic E-state index is -0.463. The zero-order valence-corrected chi connectivity index (χ0v) is 9.90. The molecule has 0 aliphatic carbocycles. The fourth-order valence-corrected chi connectivity index (χ4v) is 1.80. The number of aromatic nitrogens is 2. The van der Waals surface area contributed by atoms with Crippen LogP contribution in [0.3, 0.4) is 0 Å². The number of aliphatic hydroxyl groups excluding tert-OH is 1. The maximum absolute atomic E-state index is 9.93. The molecule has 0 fully saturated rings. The fraction of sp³-hybridized carbons (Fsp3) is 0.727. The number of methoxy groups -OCH3 is 1. The summed E-state index contributed by atoms with van der Waals surface area (Å²) in [6.07, 6.45) is 0.841. The van der Waals surface area contributed by atoms with Gasteiger partial charge in [-0.05, 0) is 19.4 Å². The third-order valence-electron chi connectivity index (χ3n) is 2.65. The summed E-state index contributed by atoms with van der Waals surface area (Å²) in [6.45, 7) is 3.95. The molecule has 1 aromatic rings. The number of hydrogen-bond acceptors (Lipinski definition) is 3. The highest BCUT2D eigenvalue weighted by molar-refractivity contribution is 5.09. The van der Waals surface area contributed by atoms with Crippen LogP contribution >= 0.6 is 0 Å². The third-order valence-corrected chi connectivity index (χ3v) is 2.65. The lowest BCUT2D eigenvalue weighted by molar-refractivity contribution is -0.0136. The summed E-state index contributed by atoms with van der Waals surface area (Å²) >= 11 is 0. The van der Waals surface area contributed by atoms with Gasteiger partial charge in [-0.3, -0.25) is 4.68 Å². The van der Waals surface area contributed by atoms with Gasteiger partial charge in [0.25, 0.3) is 0 Å². The van der Waals surface area contributed by atoms with E-state index >= 15 is 0 Å². The Labute approximate surface area is 90.9 Å². The van der Waals surface area contributed by atoms with Crippen molar-refractivity contribution in [3.8, 4) is 0 Å². The van der Waals surface area contributed by atoms with Gasteiger partial charge in [-0.1, -0.05) is 6.92 Å². The monoisotopic (exact) mass is 212 g/mol. The first-order chi connectivity index (χ1) is 7.08. The zero-order valence-electron chi connectivity index (χ0n) is 9.90. The SMILES string of the molecule is CCC(OC)C(O)Cc1cc(C)nn1C. The second-order valence-electron chi connectivity index (χ2n) is 3.85. The van der Waals surface area contributed by atoms with E-state index in [4.69, 9.17) is 4.74 Å². The molecule has 0 aromatic carbocycles. The van der Waals surface area contributed by atoms with Crippen molar-refractivity contribution < 1.29 is 9.84 Å². The largest absolute Gasteiger partial charge is 0.390 e. The van der Waals surface area contributed by atoms with Crippen LogP contribution in [0.2, 0.25) is 0 Å². The molecular weight excluding hydrogens is 192 g/mol. The lowest BCUT2D eigenvalue weighted by Crippen LogP contribution is -2.29. The van der Waals surface area contributed by atoms with Gasteiger partial charge in [-0.15, -0.1) is 0 Å². The number of nitrogens with zero attached hydrogens (tertiary/aromatic N) is 2. The Balaban J connectivity index is 2.64. The molecular formula is C11H20N2O2. The predicted octanol–water partition coefficient (Wildman–Crippen LogP) is 1.06. The number of rotatable bonds is 5. The fourth-order valence-electron chi connectivity index (χ4n) is 1.80. The van der Waals surface area contributed by atoms with E-state index in [1.165, 1.54) is 0 Å². The van der Waals surface area contributed by atoms with E-state index in [1.54, 1.807) is 11.8 Å². The Morgan fingerprint density at radius 2 is 2.27 bits per heavy atom. The molecule has 2 unspecified atom stereocenters. The number of aryl methyl sites for hydroxylation is 2. The first kappa shape index (κ1) is 12.2. The van der Waals surface area contributed by atoms with Gasteiger partial charge in [-0.25, -0.2) is 0 Å². The van der Waals surface area contributed by atoms with Crippen LogP contribution in [0.15, 0.2) is 6.07 Å². The van der Waals surface area contributed by atoms with Gasteiger partial charge in [0.2, 0.25) is 0 Å². The van der Waals surface area contributed by atoms with Crippen molar-refractivity contribution in [1.29, 1.82) is 0 Å². The molecule has 0 saturated carbocycles. The van der Waals surface area contributed by atoms with Crippen molar-refractivity contribution in [2.24, 2.45) is 7.05 Å². The molecule has 15 heavy (non-hydrogen) atoms. The molecule has 1 heterocycles. The molecule has 0 aliphatic rings. The Morgan fingerprint density at radius 3 is 2.67 bits per heavy atom. The summed E-state index contributed by atoms with van der Waals surface area (Å²) < 4.78 is 7.01. The quantitative estimate of drug-likeness (QED) is 0.793. The van der Waals surface area contributed by atoms with E-state index in [0.29, 0.717) is 6.42 Å².